The molecule has 0 amide bonds. The Bertz CT molecular complexity index is 259. The average molecular weight is 169 g/mol. The highest BCUT2D eigenvalue weighted by Gasteiger charge is 2.17. The van der Waals surface area contributed by atoms with Gasteiger partial charge in [-0.3, -0.25) is 0 Å². The van der Waals surface area contributed by atoms with Crippen molar-refractivity contribution in [1.29, 1.82) is 0 Å². The van der Waals surface area contributed by atoms with Gasteiger partial charge in [0.15, 0.2) is 0 Å². The summed E-state index contributed by atoms with van der Waals surface area (Å²) in [5.74, 6) is 0.943. The number of ether oxygens (including phenoxy) is 1. The van der Waals surface area contributed by atoms with Gasteiger partial charge in [0.25, 0.3) is 0 Å². The van der Waals surface area contributed by atoms with Gasteiger partial charge < -0.3 is 4.74 Å². The third-order valence-electron chi connectivity index (χ3n) is 1.89. The molecule has 0 fully saturated rings. The number of hydrogen-bond acceptors (Lipinski definition) is 1. The first-order valence-corrected chi connectivity index (χ1v) is 4.17. The van der Waals surface area contributed by atoms with E-state index < -0.39 is 0 Å². The van der Waals surface area contributed by atoms with E-state index in [-0.39, 0.29) is 5.38 Å². The van der Waals surface area contributed by atoms with Crippen molar-refractivity contribution in [2.24, 2.45) is 0 Å². The molecular weight excluding hydrogens is 160 g/mol. The van der Waals surface area contributed by atoms with E-state index in [1.54, 1.807) is 0 Å². The summed E-state index contributed by atoms with van der Waals surface area (Å²) in [7, 11) is 0. The van der Waals surface area contributed by atoms with Gasteiger partial charge in [-0.2, -0.15) is 0 Å². The minimum Gasteiger partial charge on any atom is -0.493 e. The molecule has 0 bridgehead atoms. The first-order chi connectivity index (χ1) is 5.38. The van der Waals surface area contributed by atoms with Crippen molar-refractivity contribution in [3.05, 3.63) is 29.8 Å². The Hall–Kier alpha value is -0.690. The molecule has 11 heavy (non-hydrogen) atoms. The number of rotatable bonds is 0. The van der Waals surface area contributed by atoms with Crippen LogP contribution in [0.3, 0.4) is 0 Å². The lowest BCUT2D eigenvalue weighted by Gasteiger charge is -2.20. The molecule has 1 atom stereocenters. The summed E-state index contributed by atoms with van der Waals surface area (Å²) in [5.41, 5.74) is 1.13. The Morgan fingerprint density at radius 2 is 2.18 bits per heavy atom. The van der Waals surface area contributed by atoms with E-state index in [4.69, 9.17) is 16.3 Å². The van der Waals surface area contributed by atoms with Crippen LogP contribution in [0, 0.1) is 0 Å². The summed E-state index contributed by atoms with van der Waals surface area (Å²) < 4.78 is 5.41. The maximum Gasteiger partial charge on any atom is 0.123 e. The second-order valence-corrected chi connectivity index (χ2v) is 3.17. The molecule has 0 saturated heterocycles. The van der Waals surface area contributed by atoms with E-state index in [0.717, 1.165) is 24.3 Å². The Kier molecular flexibility index (Phi) is 1.74. The van der Waals surface area contributed by atoms with Crippen LogP contribution >= 0.6 is 11.6 Å². The molecule has 2 rings (SSSR count). The normalized spacial score (nSPS) is 22.1. The fourth-order valence-electron chi connectivity index (χ4n) is 1.30. The number of hydrogen-bond donors (Lipinski definition) is 0. The van der Waals surface area contributed by atoms with Gasteiger partial charge in [-0.25, -0.2) is 0 Å². The minimum atomic E-state index is 0.139. The van der Waals surface area contributed by atoms with Crippen molar-refractivity contribution < 1.29 is 4.74 Å². The van der Waals surface area contributed by atoms with Crippen LogP contribution in [0.15, 0.2) is 24.3 Å². The lowest BCUT2D eigenvalue weighted by Crippen LogP contribution is -2.09. The molecule has 1 aliphatic rings. The van der Waals surface area contributed by atoms with Gasteiger partial charge in [-0.15, -0.1) is 11.6 Å². The Labute approximate surface area is 70.9 Å². The van der Waals surface area contributed by atoms with Gasteiger partial charge in [0.05, 0.1) is 12.0 Å². The number of alkyl halides is 1. The van der Waals surface area contributed by atoms with E-state index in [1.165, 1.54) is 0 Å². The number of halogens is 1. The van der Waals surface area contributed by atoms with Crippen LogP contribution in [0.2, 0.25) is 0 Å². The van der Waals surface area contributed by atoms with Crippen molar-refractivity contribution in [2.45, 2.75) is 11.8 Å². The first-order valence-electron chi connectivity index (χ1n) is 3.74. The zero-order valence-corrected chi connectivity index (χ0v) is 6.84. The number of fused-ring (bicyclic) bond motifs is 1. The molecule has 0 radical (unpaired) electrons. The molecule has 1 aliphatic heterocycles. The molecule has 1 aromatic rings. The molecule has 0 N–H and O–H groups in total. The van der Waals surface area contributed by atoms with E-state index >= 15 is 0 Å². The number of para-hydroxylation sites is 1. The van der Waals surface area contributed by atoms with Crippen molar-refractivity contribution >= 4 is 11.6 Å². The number of benzene rings is 1. The second kappa shape index (κ2) is 2.74. The van der Waals surface area contributed by atoms with Crippen LogP contribution in [0.4, 0.5) is 0 Å². The predicted molar refractivity (Wildman–Crippen MR) is 45.1 cm³/mol. The Morgan fingerprint density at radius 1 is 1.36 bits per heavy atom. The largest absolute Gasteiger partial charge is 0.493 e. The maximum atomic E-state index is 6.07. The lowest BCUT2D eigenvalue weighted by molar-refractivity contribution is 0.285. The van der Waals surface area contributed by atoms with Gasteiger partial charge in [0.2, 0.25) is 0 Å². The lowest BCUT2D eigenvalue weighted by atomic mass is 10.1. The fraction of sp³-hybridized carbons (Fsp3) is 0.333. The minimum absolute atomic E-state index is 0.139. The third-order valence-corrected chi connectivity index (χ3v) is 2.34. The summed E-state index contributed by atoms with van der Waals surface area (Å²) in [4.78, 5) is 0. The summed E-state index contributed by atoms with van der Waals surface area (Å²) >= 11 is 6.07. The van der Waals surface area contributed by atoms with Crippen molar-refractivity contribution in [3.63, 3.8) is 0 Å². The Balaban J connectivity index is 2.44. The molecule has 0 saturated carbocycles. The van der Waals surface area contributed by atoms with Crippen molar-refractivity contribution in [3.8, 4) is 5.75 Å². The molecule has 1 aromatic carbocycles. The van der Waals surface area contributed by atoms with Crippen molar-refractivity contribution in [2.75, 3.05) is 6.61 Å². The molecule has 58 valence electrons. The molecule has 0 aliphatic carbocycles. The quantitative estimate of drug-likeness (QED) is 0.542. The van der Waals surface area contributed by atoms with Gasteiger partial charge in [0, 0.05) is 12.0 Å². The van der Waals surface area contributed by atoms with Crippen LogP contribution in [-0.2, 0) is 0 Å². The Morgan fingerprint density at radius 3 is 3.00 bits per heavy atom. The zero-order valence-electron chi connectivity index (χ0n) is 6.09. The van der Waals surface area contributed by atoms with E-state index in [9.17, 15) is 0 Å². The third kappa shape index (κ3) is 1.21. The van der Waals surface area contributed by atoms with Crippen LogP contribution in [0.25, 0.3) is 0 Å². The standard InChI is InChI=1S/C9H9ClO/c10-8-5-6-11-9-4-2-1-3-7(8)9/h1-4,8H,5-6H2. The summed E-state index contributed by atoms with van der Waals surface area (Å²) in [6.45, 7) is 0.741. The molecular formula is C9H9ClO. The summed E-state index contributed by atoms with van der Waals surface area (Å²) in [6.07, 6.45) is 0.915. The SMILES string of the molecule is ClC1CCOc2ccccc21. The molecule has 1 heterocycles. The van der Waals surface area contributed by atoms with Crippen LogP contribution < -0.4 is 4.74 Å². The first kappa shape index (κ1) is 6.99. The maximum absolute atomic E-state index is 6.07. The van der Waals surface area contributed by atoms with Gasteiger partial charge in [-0.05, 0) is 6.07 Å². The smallest absolute Gasteiger partial charge is 0.123 e. The molecule has 0 aromatic heterocycles. The topological polar surface area (TPSA) is 9.23 Å². The highest BCUT2D eigenvalue weighted by molar-refractivity contribution is 6.21. The molecule has 0 spiro atoms. The summed E-state index contributed by atoms with van der Waals surface area (Å²) in [6, 6.07) is 7.94. The fourth-order valence-corrected chi connectivity index (χ4v) is 1.57. The van der Waals surface area contributed by atoms with E-state index in [1.807, 2.05) is 24.3 Å². The van der Waals surface area contributed by atoms with Gasteiger partial charge in [0.1, 0.15) is 5.75 Å². The zero-order chi connectivity index (χ0) is 7.68. The van der Waals surface area contributed by atoms with E-state index in [0.29, 0.717) is 0 Å². The van der Waals surface area contributed by atoms with Crippen LogP contribution in [0.1, 0.15) is 17.4 Å². The molecule has 1 nitrogen and oxygen atoms in total. The summed E-state index contributed by atoms with van der Waals surface area (Å²) in [5, 5.41) is 0.139. The predicted octanol–water partition coefficient (Wildman–Crippen LogP) is 2.75. The van der Waals surface area contributed by atoms with Crippen LogP contribution in [0.5, 0.6) is 5.75 Å². The second-order valence-electron chi connectivity index (χ2n) is 2.64. The highest BCUT2D eigenvalue weighted by Crippen LogP contribution is 2.35. The van der Waals surface area contributed by atoms with E-state index in [2.05, 4.69) is 0 Å². The highest BCUT2D eigenvalue weighted by atomic mass is 35.5. The van der Waals surface area contributed by atoms with Crippen LogP contribution in [-0.4, -0.2) is 6.61 Å². The van der Waals surface area contributed by atoms with Gasteiger partial charge >= 0.3 is 0 Å². The molecule has 1 unspecified atom stereocenters. The van der Waals surface area contributed by atoms with Crippen molar-refractivity contribution in [1.82, 2.24) is 0 Å². The average Bonchev–Trinajstić information content (AvgIpc) is 2.06. The monoisotopic (exact) mass is 168 g/mol. The molecule has 2 heteroatoms. The van der Waals surface area contributed by atoms with Gasteiger partial charge in [-0.1, -0.05) is 18.2 Å².